The van der Waals surface area contributed by atoms with Gasteiger partial charge >= 0.3 is 20.1 Å². The first-order chi connectivity index (χ1) is 7.58. The predicted molar refractivity (Wildman–Crippen MR) is 64.6 cm³/mol. The third-order valence-corrected chi connectivity index (χ3v) is 3.90. The minimum atomic E-state index is 0.168. The van der Waals surface area contributed by atoms with Gasteiger partial charge in [0.25, 0.3) is 0 Å². The van der Waals surface area contributed by atoms with Crippen LogP contribution in [0.1, 0.15) is 39.5 Å². The topological polar surface area (TPSA) is 20.2 Å². The maximum atomic E-state index is 7.08. The first-order valence-electron chi connectivity index (χ1n) is 6.16. The fourth-order valence-corrected chi connectivity index (χ4v) is 2.77. The molecule has 2 aliphatic rings. The summed E-state index contributed by atoms with van der Waals surface area (Å²) in [5, 5.41) is 4.84. The molecule has 1 unspecified atom stereocenters. The fourth-order valence-electron chi connectivity index (χ4n) is 2.77. The summed E-state index contributed by atoms with van der Waals surface area (Å²) in [6.07, 6.45) is 7.13. The van der Waals surface area contributed by atoms with Crippen molar-refractivity contribution in [1.82, 2.24) is 0 Å². The second kappa shape index (κ2) is 4.67. The molecule has 0 radical (unpaired) electrons. The zero-order valence-corrected chi connectivity index (χ0v) is 9.77. The summed E-state index contributed by atoms with van der Waals surface area (Å²) >= 11 is 3.94. The molecule has 3 heteroatoms. The molecule has 3 atom stereocenters. The predicted octanol–water partition coefficient (Wildman–Crippen LogP) is 2.50. The molecule has 0 saturated heterocycles. The molecule has 0 heterocycles. The first kappa shape index (κ1) is 9.23. The van der Waals surface area contributed by atoms with Gasteiger partial charge in [0.1, 0.15) is 0 Å². The minimum Gasteiger partial charge on any atom is -0.393 e. The maximum absolute atomic E-state index is 7.08. The van der Waals surface area contributed by atoms with Crippen LogP contribution >= 0.6 is 12.1 Å². The Labute approximate surface area is 95.7 Å². The Morgan fingerprint density at radius 1 is 1.86 bits per heavy atom. The molecule has 1 saturated carbocycles. The van der Waals surface area contributed by atoms with E-state index in [1.165, 1.54) is 18.4 Å². The number of fused-ring (bicyclic) bond motifs is 1. The van der Waals surface area contributed by atoms with Crippen LogP contribution in [0.25, 0.3) is 0 Å². The van der Waals surface area contributed by atoms with Gasteiger partial charge in [-0.25, -0.2) is 0 Å². The third-order valence-electron chi connectivity index (χ3n) is 3.90. The second-order valence-corrected chi connectivity index (χ2v) is 4.73. The average Bonchev–Trinajstić information content (AvgIpc) is 2.56. The quantitative estimate of drug-likeness (QED) is 0.533. The Hall–Kier alpha value is -0.0151. The van der Waals surface area contributed by atoms with E-state index in [1.807, 2.05) is 0 Å². The van der Waals surface area contributed by atoms with Gasteiger partial charge in [-0.05, 0) is 38.5 Å². The van der Waals surface area contributed by atoms with Crippen LogP contribution in [0.4, 0.5) is 0 Å². The molecule has 2 aliphatic carbocycles. The molecular formula is C11H19BOS. The number of allylic oxidation sites excluding steroid dienone is 2. The second-order valence-electron chi connectivity index (χ2n) is 4.73. The van der Waals surface area contributed by atoms with Crippen molar-refractivity contribution in [3.8, 4) is 0 Å². The molecule has 0 bridgehead atoms. The van der Waals surface area contributed by atoms with Crippen LogP contribution in [0.2, 0.25) is 0 Å². The summed E-state index contributed by atoms with van der Waals surface area (Å²) in [6, 6.07) is 0. The van der Waals surface area contributed by atoms with Crippen LogP contribution < -0.4 is 0 Å². The van der Waals surface area contributed by atoms with E-state index < -0.39 is 0 Å². The number of rotatable bonds is 1. The van der Waals surface area contributed by atoms with E-state index in [1.54, 1.807) is 0 Å². The van der Waals surface area contributed by atoms with Gasteiger partial charge in [0, 0.05) is 5.41 Å². The van der Waals surface area contributed by atoms with E-state index in [2.05, 4.69) is 32.0 Å². The Balaban J connectivity index is 0.000000386. The number of aliphatic hydroxyl groups excluding tert-OH is 1. The summed E-state index contributed by atoms with van der Waals surface area (Å²) in [6.45, 7) is 5.33. The minimum absolute atomic E-state index is 0.168. The molecule has 1 fully saturated rings. The van der Waals surface area contributed by atoms with Gasteiger partial charge in [-0.15, -0.1) is 0 Å². The molecule has 0 amide bonds. The van der Waals surface area contributed by atoms with Gasteiger partial charge < -0.3 is 5.11 Å². The van der Waals surface area contributed by atoms with Crippen molar-refractivity contribution in [3.63, 3.8) is 0 Å². The normalized spacial score (nSPS) is 42.0. The largest absolute Gasteiger partial charge is 0.393 e. The monoisotopic (exact) mass is 213 g/mol. The molecule has 0 spiro atoms. The zero-order valence-electron chi connectivity index (χ0n) is 11.0. The Morgan fingerprint density at radius 2 is 2.57 bits per heavy atom. The van der Waals surface area contributed by atoms with Crippen molar-refractivity contribution >= 4 is 18.7 Å². The maximum Gasteiger partial charge on any atom is 0.210 e. The smallest absolute Gasteiger partial charge is 0.210 e. The fraction of sp³-hybridized carbons (Fsp3) is 0.818. The Bertz CT molecular complexity index is 285. The van der Waals surface area contributed by atoms with Crippen molar-refractivity contribution in [2.45, 2.75) is 45.6 Å². The first-order valence-corrected chi connectivity index (χ1v) is 5.65. The molecule has 14 heavy (non-hydrogen) atoms. The van der Waals surface area contributed by atoms with Crippen molar-refractivity contribution < 1.29 is 5.11 Å². The van der Waals surface area contributed by atoms with Crippen LogP contribution in [-0.4, -0.2) is 20.7 Å². The van der Waals surface area contributed by atoms with Crippen LogP contribution in [0.5, 0.6) is 0 Å². The van der Waals surface area contributed by atoms with Gasteiger partial charge in [0.2, 0.25) is 1.43 Å². The number of hydrogen-bond acceptors (Lipinski definition) is 2. The van der Waals surface area contributed by atoms with Crippen molar-refractivity contribution in [2.24, 2.45) is 11.3 Å². The number of hydrogen-bond donors (Lipinski definition) is 1. The molecule has 0 aromatic rings. The Morgan fingerprint density at radius 3 is 3.21 bits per heavy atom. The van der Waals surface area contributed by atoms with Gasteiger partial charge in [0.15, 0.2) is 0 Å². The van der Waals surface area contributed by atoms with E-state index in [0.29, 0.717) is 0 Å². The molecule has 0 aromatic heterocycles. The van der Waals surface area contributed by atoms with Crippen LogP contribution in [0, 0.1) is 11.3 Å². The van der Waals surface area contributed by atoms with Gasteiger partial charge in [-0.3, -0.25) is 0 Å². The van der Waals surface area contributed by atoms with Gasteiger partial charge in [0.05, 0.1) is 6.10 Å². The Kier molecular flexibility index (Phi) is 3.08. The van der Waals surface area contributed by atoms with E-state index in [0.717, 1.165) is 25.4 Å². The average molecular weight is 213 g/mol. The van der Waals surface area contributed by atoms with Gasteiger partial charge in [-0.2, -0.15) is 0 Å². The van der Waals surface area contributed by atoms with Crippen molar-refractivity contribution in [3.05, 3.63) is 11.6 Å². The van der Waals surface area contributed by atoms with Crippen LogP contribution in [0.3, 0.4) is 0 Å². The van der Waals surface area contributed by atoms with E-state index in [9.17, 15) is 0 Å². The van der Waals surface area contributed by atoms with Crippen molar-refractivity contribution in [1.29, 1.82) is 2.77 Å². The van der Waals surface area contributed by atoms with Crippen LogP contribution in [-0.2, 0) is 0 Å². The SMILES string of the molecule is [2H]B=S.[3H]O[C@H]1CCC2CC(C)=CC[C@@]21C. The summed E-state index contributed by atoms with van der Waals surface area (Å²) in [5.74, 6) is 0.757. The van der Waals surface area contributed by atoms with Crippen molar-refractivity contribution in [2.75, 3.05) is 0 Å². The third kappa shape index (κ3) is 1.99. The molecular weight excluding hydrogens is 191 g/mol. The molecule has 0 aromatic carbocycles. The zero-order chi connectivity index (χ0) is 12.2. The van der Waals surface area contributed by atoms with E-state index >= 15 is 0 Å². The molecule has 78 valence electrons. The summed E-state index contributed by atoms with van der Waals surface area (Å²) in [4.78, 5) is 0. The summed E-state index contributed by atoms with van der Waals surface area (Å²) in [7, 11) is 0. The summed E-state index contributed by atoms with van der Waals surface area (Å²) < 4.78 is 13.0. The van der Waals surface area contributed by atoms with E-state index in [4.69, 9.17) is 7.88 Å². The summed E-state index contributed by atoms with van der Waals surface area (Å²) in [5.41, 5.74) is 1.77. The molecule has 2 rings (SSSR count). The van der Waals surface area contributed by atoms with E-state index in [-0.39, 0.29) is 11.5 Å². The standard InChI is InChI=1S/C11H18O.BHS/c1-8-5-6-11(2)9(7-8)3-4-10(11)12;1-2/h5,9-10,12H,3-4,6-7H2,1-2H3;1H/t9?,10-,11-;/m0./s1/i12T;1D. The molecule has 1 N–H and O–H groups in total. The molecule has 0 aliphatic heterocycles. The van der Waals surface area contributed by atoms with Gasteiger partial charge in [-0.1, -0.05) is 18.6 Å². The number of aliphatic hydroxyl groups is 1. The molecule has 1 nitrogen and oxygen atoms in total. The van der Waals surface area contributed by atoms with Crippen LogP contribution in [0.15, 0.2) is 11.6 Å².